The topological polar surface area (TPSA) is 9.86 Å². The fourth-order valence-electron chi connectivity index (χ4n) is 8.42. The molecule has 9 aromatic carbocycles. The molecule has 2 nitrogen and oxygen atoms in total. The Kier molecular flexibility index (Phi) is 5.14. The summed E-state index contributed by atoms with van der Waals surface area (Å²) in [7, 11) is 0. The van der Waals surface area contributed by atoms with Gasteiger partial charge in [0.25, 0.3) is 0 Å². The van der Waals surface area contributed by atoms with Gasteiger partial charge in [0.1, 0.15) is 0 Å². The molecular formula is C46H28N2. The smallest absolute Gasteiger partial charge is 0.0553 e. The Bertz CT molecular complexity index is 3040. The largest absolute Gasteiger partial charge is 0.309 e. The molecule has 0 saturated heterocycles. The lowest BCUT2D eigenvalue weighted by Gasteiger charge is -2.13. The highest BCUT2D eigenvalue weighted by Gasteiger charge is 2.23. The summed E-state index contributed by atoms with van der Waals surface area (Å²) >= 11 is 0. The first-order chi connectivity index (χ1) is 23.8. The molecule has 11 rings (SSSR count). The molecule has 0 aliphatic carbocycles. The van der Waals surface area contributed by atoms with Gasteiger partial charge in [0.2, 0.25) is 0 Å². The van der Waals surface area contributed by atoms with Gasteiger partial charge in [-0.3, -0.25) is 0 Å². The highest BCUT2D eigenvalue weighted by Crippen LogP contribution is 2.48. The van der Waals surface area contributed by atoms with Crippen LogP contribution in [0.3, 0.4) is 0 Å². The third-order valence-electron chi connectivity index (χ3n) is 10.4. The molecule has 11 aromatic rings. The van der Waals surface area contributed by atoms with Gasteiger partial charge in [-0.25, -0.2) is 0 Å². The van der Waals surface area contributed by atoms with E-state index in [0.717, 1.165) is 0 Å². The molecule has 0 atom stereocenters. The van der Waals surface area contributed by atoms with Crippen LogP contribution >= 0.6 is 0 Å². The number of hydrogen-bond acceptors (Lipinski definition) is 0. The van der Waals surface area contributed by atoms with Gasteiger partial charge >= 0.3 is 0 Å². The molecule has 48 heavy (non-hydrogen) atoms. The van der Waals surface area contributed by atoms with Crippen molar-refractivity contribution >= 4 is 75.9 Å². The molecule has 0 bridgehead atoms. The van der Waals surface area contributed by atoms with Gasteiger partial charge in [-0.05, 0) is 98.7 Å². The molecule has 222 valence electrons. The van der Waals surface area contributed by atoms with Crippen LogP contribution in [0.4, 0.5) is 0 Å². The normalized spacial score (nSPS) is 12.2. The monoisotopic (exact) mass is 608 g/mol. The van der Waals surface area contributed by atoms with Gasteiger partial charge in [0.15, 0.2) is 0 Å². The highest BCUT2D eigenvalue weighted by molar-refractivity contribution is 6.39. The zero-order valence-corrected chi connectivity index (χ0v) is 26.1. The van der Waals surface area contributed by atoms with E-state index in [9.17, 15) is 0 Å². The molecule has 2 aromatic heterocycles. The van der Waals surface area contributed by atoms with E-state index in [-0.39, 0.29) is 0 Å². The second-order valence-electron chi connectivity index (χ2n) is 12.9. The van der Waals surface area contributed by atoms with Crippen LogP contribution in [0.15, 0.2) is 170 Å². The van der Waals surface area contributed by atoms with E-state index in [2.05, 4.69) is 179 Å². The van der Waals surface area contributed by atoms with E-state index in [1.807, 2.05) is 0 Å². The summed E-state index contributed by atoms with van der Waals surface area (Å²) < 4.78 is 4.87. The predicted molar refractivity (Wildman–Crippen MR) is 204 cm³/mol. The molecule has 0 aliphatic rings. The number of fused-ring (bicyclic) bond motifs is 8. The lowest BCUT2D eigenvalue weighted by molar-refractivity contribution is 1.18. The number of para-hydroxylation sites is 3. The third-order valence-corrected chi connectivity index (χ3v) is 10.4. The number of benzene rings is 9. The van der Waals surface area contributed by atoms with Crippen LogP contribution in [0.1, 0.15) is 0 Å². The standard InChI is InChI=1S/C46H28N2/c1-3-14-32(15-4-1)47-40-22-12-11-20-36(40)38-25-29(23-24-41(38)47)31-26-39-35-19-9-10-21-37(35)44-34-18-8-7-13-30(34)27-43-46(44)45(39)42(28-31)48(43)33-16-5-2-6-17-33/h1-28H. The summed E-state index contributed by atoms with van der Waals surface area (Å²) in [6.45, 7) is 0. The first-order valence-corrected chi connectivity index (χ1v) is 16.6. The van der Waals surface area contributed by atoms with E-state index in [0.29, 0.717) is 0 Å². The average Bonchev–Trinajstić information content (AvgIpc) is 3.66. The number of aromatic nitrogens is 2. The van der Waals surface area contributed by atoms with Crippen molar-refractivity contribution in [2.24, 2.45) is 0 Å². The SMILES string of the molecule is c1ccc(-n2c3ccccc3c3cc(-c4cc5c6ccccc6c6c7ccccc7cc7c6c5c(c4)n7-c4ccccc4)ccc32)cc1. The quantitative estimate of drug-likeness (QED) is 0.177. The molecule has 0 unspecified atom stereocenters. The van der Waals surface area contributed by atoms with Crippen LogP contribution in [0.5, 0.6) is 0 Å². The van der Waals surface area contributed by atoms with Crippen molar-refractivity contribution in [2.75, 3.05) is 0 Å². The number of nitrogens with zero attached hydrogens (tertiary/aromatic N) is 2. The van der Waals surface area contributed by atoms with Gasteiger partial charge in [0.05, 0.1) is 22.1 Å². The maximum atomic E-state index is 2.49. The van der Waals surface area contributed by atoms with Crippen molar-refractivity contribution < 1.29 is 0 Å². The van der Waals surface area contributed by atoms with E-state index in [1.54, 1.807) is 0 Å². The molecule has 0 N–H and O–H groups in total. The summed E-state index contributed by atoms with van der Waals surface area (Å²) in [6, 6.07) is 62.4. The molecule has 0 radical (unpaired) electrons. The minimum absolute atomic E-state index is 1.18. The molecule has 0 spiro atoms. The van der Waals surface area contributed by atoms with Crippen molar-refractivity contribution in [1.82, 2.24) is 9.13 Å². The molecule has 2 heterocycles. The Morgan fingerprint density at radius 3 is 1.60 bits per heavy atom. The molecule has 2 heteroatoms. The van der Waals surface area contributed by atoms with Crippen LogP contribution in [-0.4, -0.2) is 9.13 Å². The minimum atomic E-state index is 1.18. The zero-order chi connectivity index (χ0) is 31.3. The van der Waals surface area contributed by atoms with E-state index in [4.69, 9.17) is 0 Å². The molecular weight excluding hydrogens is 581 g/mol. The van der Waals surface area contributed by atoms with E-state index >= 15 is 0 Å². The first-order valence-electron chi connectivity index (χ1n) is 16.6. The van der Waals surface area contributed by atoms with Crippen LogP contribution in [0, 0.1) is 0 Å². The predicted octanol–water partition coefficient (Wildman–Crippen LogP) is 12.4. The minimum Gasteiger partial charge on any atom is -0.309 e. The molecule has 0 saturated carbocycles. The Morgan fingerprint density at radius 1 is 0.271 bits per heavy atom. The number of hydrogen-bond donors (Lipinski definition) is 0. The van der Waals surface area contributed by atoms with Crippen LogP contribution in [-0.2, 0) is 0 Å². The van der Waals surface area contributed by atoms with Crippen molar-refractivity contribution in [3.8, 4) is 22.5 Å². The van der Waals surface area contributed by atoms with Gasteiger partial charge in [-0.2, -0.15) is 0 Å². The highest BCUT2D eigenvalue weighted by atomic mass is 15.0. The zero-order valence-electron chi connectivity index (χ0n) is 26.1. The van der Waals surface area contributed by atoms with Crippen molar-refractivity contribution in [1.29, 1.82) is 0 Å². The lowest BCUT2D eigenvalue weighted by Crippen LogP contribution is -1.94. The second-order valence-corrected chi connectivity index (χ2v) is 12.9. The summed E-state index contributed by atoms with van der Waals surface area (Å²) in [5.74, 6) is 0. The van der Waals surface area contributed by atoms with Crippen LogP contribution in [0.25, 0.3) is 98.4 Å². The molecule has 0 aliphatic heterocycles. The summed E-state index contributed by atoms with van der Waals surface area (Å²) in [5.41, 5.74) is 9.71. The van der Waals surface area contributed by atoms with E-state index < -0.39 is 0 Å². The number of rotatable bonds is 3. The lowest BCUT2D eigenvalue weighted by atomic mass is 9.89. The van der Waals surface area contributed by atoms with Gasteiger partial charge in [0, 0.05) is 38.3 Å². The summed E-state index contributed by atoms with van der Waals surface area (Å²) in [4.78, 5) is 0. The Balaban J connectivity index is 1.29. The van der Waals surface area contributed by atoms with Gasteiger partial charge < -0.3 is 9.13 Å². The van der Waals surface area contributed by atoms with Crippen molar-refractivity contribution in [3.05, 3.63) is 170 Å². The van der Waals surface area contributed by atoms with Gasteiger partial charge in [-0.15, -0.1) is 0 Å². The Morgan fingerprint density at radius 2 is 0.833 bits per heavy atom. The van der Waals surface area contributed by atoms with Crippen molar-refractivity contribution in [3.63, 3.8) is 0 Å². The fraction of sp³-hybridized carbons (Fsp3) is 0. The maximum absolute atomic E-state index is 2.49. The maximum Gasteiger partial charge on any atom is 0.0553 e. The second kappa shape index (κ2) is 9.57. The average molecular weight is 609 g/mol. The van der Waals surface area contributed by atoms with Crippen LogP contribution < -0.4 is 0 Å². The van der Waals surface area contributed by atoms with Gasteiger partial charge in [-0.1, -0.05) is 109 Å². The summed E-state index contributed by atoms with van der Waals surface area (Å²) in [6.07, 6.45) is 0. The van der Waals surface area contributed by atoms with Crippen molar-refractivity contribution in [2.45, 2.75) is 0 Å². The Hall–Kier alpha value is -6.38. The third kappa shape index (κ3) is 3.41. The fourth-order valence-corrected chi connectivity index (χ4v) is 8.42. The molecule has 0 fully saturated rings. The summed E-state index contributed by atoms with van der Waals surface area (Å²) in [5, 5.41) is 13.0. The Labute approximate surface area is 276 Å². The molecule has 0 amide bonds. The first kappa shape index (κ1) is 25.8. The van der Waals surface area contributed by atoms with Crippen LogP contribution in [0.2, 0.25) is 0 Å². The van der Waals surface area contributed by atoms with E-state index in [1.165, 1.54) is 98.4 Å².